The van der Waals surface area contributed by atoms with Gasteiger partial charge in [-0.05, 0) is 30.7 Å². The highest BCUT2D eigenvalue weighted by atomic mass is 16.6. The molecule has 0 spiro atoms. The Morgan fingerprint density at radius 1 is 1.17 bits per heavy atom. The van der Waals surface area contributed by atoms with Crippen LogP contribution in [0.2, 0.25) is 0 Å². The maximum absolute atomic E-state index is 12.0. The Bertz CT molecular complexity index is 940. The predicted molar refractivity (Wildman–Crippen MR) is 109 cm³/mol. The van der Waals surface area contributed by atoms with Crippen LogP contribution >= 0.6 is 0 Å². The lowest BCUT2D eigenvalue weighted by molar-refractivity contribution is -0.385. The summed E-state index contributed by atoms with van der Waals surface area (Å²) < 4.78 is 5.21. The van der Waals surface area contributed by atoms with Crippen LogP contribution in [-0.4, -0.2) is 29.1 Å². The summed E-state index contributed by atoms with van der Waals surface area (Å²) in [6.07, 6.45) is 0. The van der Waals surface area contributed by atoms with Crippen molar-refractivity contribution in [2.24, 2.45) is 11.0 Å². The summed E-state index contributed by atoms with van der Waals surface area (Å²) in [6.45, 7) is 4.87. The van der Waals surface area contributed by atoms with Crippen molar-refractivity contribution in [3.8, 4) is 5.75 Å². The average molecular weight is 398 g/mol. The van der Waals surface area contributed by atoms with Crippen molar-refractivity contribution in [2.75, 3.05) is 11.9 Å². The van der Waals surface area contributed by atoms with Crippen molar-refractivity contribution in [3.63, 3.8) is 0 Å². The van der Waals surface area contributed by atoms with Gasteiger partial charge < -0.3 is 10.1 Å². The van der Waals surface area contributed by atoms with E-state index in [0.29, 0.717) is 17.0 Å². The highest BCUT2D eigenvalue weighted by Crippen LogP contribution is 2.25. The molecule has 2 amide bonds. The Kier molecular flexibility index (Phi) is 7.41. The number of ether oxygens (including phenoxy) is 1. The van der Waals surface area contributed by atoms with E-state index in [1.807, 2.05) is 0 Å². The number of nitro benzene ring substituents is 1. The summed E-state index contributed by atoms with van der Waals surface area (Å²) in [4.78, 5) is 34.1. The number of hydrogen-bond donors (Lipinski definition) is 2. The molecule has 0 heterocycles. The maximum atomic E-state index is 12.0. The summed E-state index contributed by atoms with van der Waals surface area (Å²) in [5.74, 6) is -0.806. The third-order valence-corrected chi connectivity index (χ3v) is 3.84. The fourth-order valence-electron chi connectivity index (χ4n) is 2.22. The Labute approximate surface area is 167 Å². The van der Waals surface area contributed by atoms with Crippen LogP contribution < -0.4 is 15.5 Å². The van der Waals surface area contributed by atoms with Crippen molar-refractivity contribution in [2.45, 2.75) is 20.8 Å². The van der Waals surface area contributed by atoms with Crippen molar-refractivity contribution >= 4 is 28.9 Å². The van der Waals surface area contributed by atoms with Crippen LogP contribution in [0.5, 0.6) is 5.75 Å². The lowest BCUT2D eigenvalue weighted by Crippen LogP contribution is -2.25. The SMILES string of the molecule is C/C(=N\NC(=O)COc1ccccc1[N+](=O)[O-])c1cccc(NC(=O)C(C)C)c1. The van der Waals surface area contributed by atoms with Crippen LogP contribution in [-0.2, 0) is 9.59 Å². The van der Waals surface area contributed by atoms with Crippen LogP contribution in [0, 0.1) is 16.0 Å². The van der Waals surface area contributed by atoms with Gasteiger partial charge in [-0.1, -0.05) is 38.1 Å². The molecule has 0 aliphatic rings. The largest absolute Gasteiger partial charge is 0.477 e. The lowest BCUT2D eigenvalue weighted by atomic mass is 10.1. The quantitative estimate of drug-likeness (QED) is 0.402. The van der Waals surface area contributed by atoms with E-state index in [9.17, 15) is 19.7 Å². The van der Waals surface area contributed by atoms with E-state index in [0.717, 1.165) is 0 Å². The van der Waals surface area contributed by atoms with Gasteiger partial charge in [-0.25, -0.2) is 5.43 Å². The third-order valence-electron chi connectivity index (χ3n) is 3.84. The molecule has 0 atom stereocenters. The van der Waals surface area contributed by atoms with Gasteiger partial charge in [0, 0.05) is 17.7 Å². The molecule has 2 aromatic rings. The van der Waals surface area contributed by atoms with E-state index < -0.39 is 17.4 Å². The molecular weight excluding hydrogens is 376 g/mol. The number of para-hydroxylation sites is 2. The minimum atomic E-state index is -0.583. The normalized spacial score (nSPS) is 11.1. The summed E-state index contributed by atoms with van der Waals surface area (Å²) in [7, 11) is 0. The van der Waals surface area contributed by atoms with E-state index in [1.54, 1.807) is 51.1 Å². The maximum Gasteiger partial charge on any atom is 0.310 e. The molecule has 0 aliphatic heterocycles. The molecule has 2 rings (SSSR count). The monoisotopic (exact) mass is 398 g/mol. The minimum absolute atomic E-state index is 0.00180. The van der Waals surface area contributed by atoms with Gasteiger partial charge >= 0.3 is 5.69 Å². The number of hydrazone groups is 1. The molecule has 0 unspecified atom stereocenters. The van der Waals surface area contributed by atoms with E-state index in [4.69, 9.17) is 4.74 Å². The van der Waals surface area contributed by atoms with Gasteiger partial charge in [-0.2, -0.15) is 5.10 Å². The molecular formula is C20H22N4O5. The van der Waals surface area contributed by atoms with Crippen LogP contribution in [0.25, 0.3) is 0 Å². The van der Waals surface area contributed by atoms with Gasteiger partial charge in [0.25, 0.3) is 5.91 Å². The zero-order chi connectivity index (χ0) is 21.4. The topological polar surface area (TPSA) is 123 Å². The average Bonchev–Trinajstić information content (AvgIpc) is 2.70. The van der Waals surface area contributed by atoms with Crippen molar-refractivity contribution < 1.29 is 19.2 Å². The van der Waals surface area contributed by atoms with Crippen LogP contribution in [0.4, 0.5) is 11.4 Å². The zero-order valence-corrected chi connectivity index (χ0v) is 16.3. The van der Waals surface area contributed by atoms with E-state index in [1.165, 1.54) is 18.2 Å². The van der Waals surface area contributed by atoms with Crippen molar-refractivity contribution in [1.82, 2.24) is 5.43 Å². The highest BCUT2D eigenvalue weighted by molar-refractivity contribution is 6.01. The second kappa shape index (κ2) is 9.98. The molecule has 0 aromatic heterocycles. The molecule has 0 saturated carbocycles. The Morgan fingerprint density at radius 2 is 1.90 bits per heavy atom. The molecule has 0 fully saturated rings. The van der Waals surface area contributed by atoms with Gasteiger partial charge in [-0.15, -0.1) is 0 Å². The molecule has 0 bridgehead atoms. The number of nitrogens with one attached hydrogen (secondary N) is 2. The second-order valence-corrected chi connectivity index (χ2v) is 6.47. The number of amides is 2. The van der Waals surface area contributed by atoms with Gasteiger partial charge in [0.15, 0.2) is 12.4 Å². The minimum Gasteiger partial charge on any atom is -0.477 e. The standard InChI is InChI=1S/C20H22N4O5/c1-13(2)20(26)21-16-8-6-7-15(11-16)14(3)22-23-19(25)12-29-18-10-5-4-9-17(18)24(27)28/h4-11,13H,12H2,1-3H3,(H,21,26)(H,23,25)/b22-14+. The molecule has 0 saturated heterocycles. The van der Waals surface area contributed by atoms with Gasteiger partial charge in [0.1, 0.15) is 0 Å². The Balaban J connectivity index is 1.96. The smallest absolute Gasteiger partial charge is 0.310 e. The van der Waals surface area contributed by atoms with E-state index >= 15 is 0 Å². The van der Waals surface area contributed by atoms with Gasteiger partial charge in [0.2, 0.25) is 5.91 Å². The second-order valence-electron chi connectivity index (χ2n) is 6.47. The first-order chi connectivity index (χ1) is 13.8. The van der Waals surface area contributed by atoms with E-state index in [-0.39, 0.29) is 23.3 Å². The fourth-order valence-corrected chi connectivity index (χ4v) is 2.22. The first-order valence-corrected chi connectivity index (χ1v) is 8.88. The molecule has 9 nitrogen and oxygen atoms in total. The first-order valence-electron chi connectivity index (χ1n) is 8.88. The van der Waals surface area contributed by atoms with Crippen molar-refractivity contribution in [1.29, 1.82) is 0 Å². The van der Waals surface area contributed by atoms with E-state index in [2.05, 4.69) is 15.8 Å². The molecule has 9 heteroatoms. The summed E-state index contributed by atoms with van der Waals surface area (Å²) in [6, 6.07) is 12.9. The lowest BCUT2D eigenvalue weighted by Gasteiger charge is -2.09. The number of carbonyl (C=O) groups excluding carboxylic acids is 2. The van der Waals surface area contributed by atoms with Gasteiger partial charge in [0.05, 0.1) is 10.6 Å². The summed E-state index contributed by atoms with van der Waals surface area (Å²) >= 11 is 0. The highest BCUT2D eigenvalue weighted by Gasteiger charge is 2.15. The molecule has 2 aromatic carbocycles. The van der Waals surface area contributed by atoms with Gasteiger partial charge in [-0.3, -0.25) is 19.7 Å². The third kappa shape index (κ3) is 6.42. The van der Waals surface area contributed by atoms with Crippen LogP contribution in [0.15, 0.2) is 53.6 Å². The summed E-state index contributed by atoms with van der Waals surface area (Å²) in [5.41, 5.74) is 3.98. The number of hydrogen-bond acceptors (Lipinski definition) is 6. The molecule has 2 N–H and O–H groups in total. The predicted octanol–water partition coefficient (Wildman–Crippen LogP) is 3.11. The zero-order valence-electron chi connectivity index (χ0n) is 16.3. The molecule has 29 heavy (non-hydrogen) atoms. The molecule has 0 aliphatic carbocycles. The Hall–Kier alpha value is -3.75. The summed E-state index contributed by atoms with van der Waals surface area (Å²) in [5, 5.41) is 17.8. The Morgan fingerprint density at radius 3 is 2.59 bits per heavy atom. The first kappa shape index (κ1) is 21.5. The number of nitro groups is 1. The van der Waals surface area contributed by atoms with Crippen LogP contribution in [0.3, 0.4) is 0 Å². The number of anilines is 1. The fraction of sp³-hybridized carbons (Fsp3) is 0.250. The number of carbonyl (C=O) groups is 2. The number of benzene rings is 2. The van der Waals surface area contributed by atoms with Crippen molar-refractivity contribution in [3.05, 3.63) is 64.2 Å². The molecule has 152 valence electrons. The molecule has 0 radical (unpaired) electrons. The number of nitrogens with zero attached hydrogens (tertiary/aromatic N) is 2. The van der Waals surface area contributed by atoms with Crippen LogP contribution in [0.1, 0.15) is 26.3 Å². The number of rotatable bonds is 8.